The summed E-state index contributed by atoms with van der Waals surface area (Å²) >= 11 is 0. The Morgan fingerprint density at radius 2 is 1.52 bits per heavy atom. The summed E-state index contributed by atoms with van der Waals surface area (Å²) in [5.41, 5.74) is 0.429. The van der Waals surface area contributed by atoms with E-state index in [-0.39, 0.29) is 18.0 Å². The van der Waals surface area contributed by atoms with Crippen molar-refractivity contribution in [1.29, 1.82) is 0 Å². The molecule has 25 heavy (non-hydrogen) atoms. The van der Waals surface area contributed by atoms with E-state index in [0.717, 1.165) is 51.4 Å². The average molecular weight is 364 g/mol. The van der Waals surface area contributed by atoms with Gasteiger partial charge in [0, 0.05) is 24.5 Å². The molecule has 1 heterocycles. The van der Waals surface area contributed by atoms with E-state index >= 15 is 0 Å². The first-order chi connectivity index (χ1) is 12.1. The van der Waals surface area contributed by atoms with Crippen molar-refractivity contribution in [3.8, 4) is 0 Å². The van der Waals surface area contributed by atoms with Gasteiger partial charge in [-0.15, -0.1) is 0 Å². The fourth-order valence-corrected chi connectivity index (χ4v) is 5.95. The molecule has 0 spiro atoms. The lowest BCUT2D eigenvalue weighted by molar-refractivity contribution is 0.0978. The van der Waals surface area contributed by atoms with E-state index in [1.54, 1.807) is 18.3 Å². The Morgan fingerprint density at radius 1 is 0.960 bits per heavy atom. The average Bonchev–Trinajstić information content (AvgIpc) is 2.64. The van der Waals surface area contributed by atoms with Crippen molar-refractivity contribution >= 4 is 13.5 Å². The molecule has 3 N–H and O–H groups in total. The molecule has 0 unspecified atom stereocenters. The SMILES string of the molecule is O=C(NP(=O)(NC1CCCCC1)NC1CCCCC1)c1cccnc1. The molecule has 6 nitrogen and oxygen atoms in total. The third-order valence-electron chi connectivity index (χ3n) is 5.12. The zero-order chi connectivity index (χ0) is 17.5. The number of rotatable bonds is 6. The maximum Gasteiger partial charge on any atom is 0.306 e. The van der Waals surface area contributed by atoms with Crippen molar-refractivity contribution in [3.63, 3.8) is 0 Å². The first-order valence-corrected chi connectivity index (χ1v) is 11.2. The second-order valence-corrected chi connectivity index (χ2v) is 9.18. The molecule has 7 heteroatoms. The number of carbonyl (C=O) groups is 1. The first-order valence-electron chi connectivity index (χ1n) is 9.53. The number of carbonyl (C=O) groups excluding carboxylic acids is 1. The van der Waals surface area contributed by atoms with Crippen LogP contribution in [-0.4, -0.2) is 23.0 Å². The molecule has 1 amide bonds. The second-order valence-electron chi connectivity index (χ2n) is 7.22. The van der Waals surface area contributed by atoms with Crippen LogP contribution in [0.4, 0.5) is 0 Å². The molecule has 0 saturated heterocycles. The van der Waals surface area contributed by atoms with Crippen LogP contribution in [0.2, 0.25) is 0 Å². The van der Waals surface area contributed by atoms with Crippen LogP contribution in [0.3, 0.4) is 0 Å². The number of aromatic nitrogens is 1. The highest BCUT2D eigenvalue weighted by Gasteiger charge is 2.32. The molecule has 1 aromatic heterocycles. The Labute approximate surface area is 150 Å². The van der Waals surface area contributed by atoms with Crippen molar-refractivity contribution < 1.29 is 9.36 Å². The van der Waals surface area contributed by atoms with Gasteiger partial charge in [0.2, 0.25) is 0 Å². The van der Waals surface area contributed by atoms with E-state index in [2.05, 4.69) is 20.2 Å². The van der Waals surface area contributed by atoms with Crippen molar-refractivity contribution in [3.05, 3.63) is 30.1 Å². The third kappa shape index (κ3) is 5.63. The lowest BCUT2D eigenvalue weighted by atomic mass is 9.96. The summed E-state index contributed by atoms with van der Waals surface area (Å²) in [6.45, 7) is 0. The van der Waals surface area contributed by atoms with Crippen LogP contribution >= 0.6 is 7.59 Å². The summed E-state index contributed by atoms with van der Waals surface area (Å²) in [4.78, 5) is 16.5. The first kappa shape index (κ1) is 18.6. The van der Waals surface area contributed by atoms with E-state index in [4.69, 9.17) is 0 Å². The van der Waals surface area contributed by atoms with Gasteiger partial charge >= 0.3 is 7.59 Å². The Kier molecular flexibility index (Phi) is 6.63. The normalized spacial score (nSPS) is 20.3. The maximum atomic E-state index is 13.6. The van der Waals surface area contributed by atoms with E-state index in [1.807, 2.05) is 0 Å². The summed E-state index contributed by atoms with van der Waals surface area (Å²) in [6.07, 6.45) is 14.2. The van der Waals surface area contributed by atoms with Gasteiger partial charge in [0.15, 0.2) is 0 Å². The number of nitrogens with zero attached hydrogens (tertiary/aromatic N) is 1. The van der Waals surface area contributed by atoms with Crippen LogP contribution in [0, 0.1) is 0 Å². The topological polar surface area (TPSA) is 83.1 Å². The summed E-state index contributed by atoms with van der Waals surface area (Å²) in [6, 6.07) is 3.80. The molecule has 0 aromatic carbocycles. The quantitative estimate of drug-likeness (QED) is 0.670. The van der Waals surface area contributed by atoms with E-state index in [1.165, 1.54) is 19.0 Å². The largest absolute Gasteiger partial charge is 0.306 e. The summed E-state index contributed by atoms with van der Waals surface area (Å²) in [5.74, 6) is -0.344. The second kappa shape index (κ2) is 8.93. The molecule has 138 valence electrons. The predicted molar refractivity (Wildman–Crippen MR) is 99.3 cm³/mol. The Morgan fingerprint density at radius 3 is 2.00 bits per heavy atom. The Balaban J connectivity index is 1.70. The van der Waals surface area contributed by atoms with Gasteiger partial charge in [-0.1, -0.05) is 38.5 Å². The summed E-state index contributed by atoms with van der Waals surface area (Å²) in [5, 5.41) is 9.30. The molecule has 2 aliphatic rings. The highest BCUT2D eigenvalue weighted by atomic mass is 31.2. The number of pyridine rings is 1. The van der Waals surface area contributed by atoms with Gasteiger partial charge in [0.05, 0.1) is 5.56 Å². The molecule has 1 aromatic rings. The fourth-order valence-electron chi connectivity index (χ4n) is 3.78. The van der Waals surface area contributed by atoms with Gasteiger partial charge in [-0.25, -0.2) is 10.2 Å². The minimum Gasteiger partial charge on any atom is -0.279 e. The third-order valence-corrected chi connectivity index (χ3v) is 7.10. The molecule has 0 atom stereocenters. The molecule has 0 bridgehead atoms. The van der Waals surface area contributed by atoms with Crippen molar-refractivity contribution in [2.24, 2.45) is 0 Å². The van der Waals surface area contributed by atoms with Gasteiger partial charge in [-0.3, -0.25) is 19.4 Å². The molecule has 3 rings (SSSR count). The monoisotopic (exact) mass is 364 g/mol. The van der Waals surface area contributed by atoms with Gasteiger partial charge in [-0.2, -0.15) is 0 Å². The highest BCUT2D eigenvalue weighted by Crippen LogP contribution is 2.37. The van der Waals surface area contributed by atoms with Crippen LogP contribution < -0.4 is 15.3 Å². The van der Waals surface area contributed by atoms with Crippen LogP contribution in [0.1, 0.15) is 74.6 Å². The zero-order valence-corrected chi connectivity index (χ0v) is 15.6. The van der Waals surface area contributed by atoms with Crippen molar-refractivity contribution in [1.82, 2.24) is 20.2 Å². The van der Waals surface area contributed by atoms with Gasteiger partial charge in [-0.05, 0) is 37.8 Å². The molecule has 2 fully saturated rings. The lowest BCUT2D eigenvalue weighted by Gasteiger charge is -2.33. The van der Waals surface area contributed by atoms with E-state index < -0.39 is 7.59 Å². The smallest absolute Gasteiger partial charge is 0.279 e. The molecular formula is C18H29N4O2P. The number of hydrogen-bond acceptors (Lipinski definition) is 3. The zero-order valence-electron chi connectivity index (χ0n) is 14.7. The standard InChI is InChI=1S/C18H29N4O2P/c23-18(15-8-7-13-19-14-15)22-25(24,20-16-9-3-1-4-10-16)21-17-11-5-2-6-12-17/h7-8,13-14,16-17H,1-6,9-12H2,(H3,20,21,22,23,24). The fraction of sp³-hybridized carbons (Fsp3) is 0.667. The van der Waals surface area contributed by atoms with E-state index in [9.17, 15) is 9.36 Å². The van der Waals surface area contributed by atoms with Gasteiger partial charge in [0.25, 0.3) is 5.91 Å². The molecular weight excluding hydrogens is 335 g/mol. The molecule has 2 saturated carbocycles. The Bertz CT molecular complexity index is 574. The van der Waals surface area contributed by atoms with Crippen LogP contribution in [0.25, 0.3) is 0 Å². The summed E-state index contributed by atoms with van der Waals surface area (Å²) < 4.78 is 13.6. The highest BCUT2D eigenvalue weighted by molar-refractivity contribution is 7.58. The number of hydrogen-bond donors (Lipinski definition) is 3. The predicted octanol–water partition coefficient (Wildman–Crippen LogP) is 3.76. The van der Waals surface area contributed by atoms with Crippen molar-refractivity contribution in [2.75, 3.05) is 0 Å². The van der Waals surface area contributed by atoms with Crippen LogP contribution in [0.5, 0.6) is 0 Å². The van der Waals surface area contributed by atoms with Crippen molar-refractivity contribution in [2.45, 2.75) is 76.3 Å². The lowest BCUT2D eigenvalue weighted by Crippen LogP contribution is -2.44. The molecule has 2 aliphatic carbocycles. The maximum absolute atomic E-state index is 13.6. The molecule has 0 radical (unpaired) electrons. The summed E-state index contributed by atoms with van der Waals surface area (Å²) in [7, 11) is -3.21. The minimum atomic E-state index is -3.21. The van der Waals surface area contributed by atoms with E-state index in [0.29, 0.717) is 5.56 Å². The number of amides is 1. The number of nitrogens with one attached hydrogen (secondary N) is 3. The van der Waals surface area contributed by atoms with Crippen LogP contribution in [-0.2, 0) is 4.57 Å². The molecule has 0 aliphatic heterocycles. The Hall–Kier alpha value is -1.23. The minimum absolute atomic E-state index is 0.199. The van der Waals surface area contributed by atoms with Gasteiger partial charge < -0.3 is 0 Å². The van der Waals surface area contributed by atoms with Gasteiger partial charge in [0.1, 0.15) is 0 Å². The van der Waals surface area contributed by atoms with Crippen LogP contribution in [0.15, 0.2) is 24.5 Å².